The molecule has 0 radical (unpaired) electrons. The summed E-state index contributed by atoms with van der Waals surface area (Å²) in [6.07, 6.45) is -9.07. The first-order valence-corrected chi connectivity index (χ1v) is 17.3. The van der Waals surface area contributed by atoms with Crippen molar-refractivity contribution in [3.05, 3.63) is 136 Å². The first-order valence-electron chi connectivity index (χ1n) is 16.9. The number of hydrogen-bond donors (Lipinski definition) is 1. The molecular formula is C40H27ClF6N2O5. The molecule has 3 fully saturated rings. The molecule has 7 nitrogen and oxygen atoms in total. The number of halogens is 7. The van der Waals surface area contributed by atoms with Gasteiger partial charge in [-0.15, -0.1) is 0 Å². The Labute approximate surface area is 308 Å². The van der Waals surface area contributed by atoms with Gasteiger partial charge in [0.05, 0.1) is 45.7 Å². The number of aromatic hydroxyl groups is 1. The van der Waals surface area contributed by atoms with Gasteiger partial charge in [-0.3, -0.25) is 19.2 Å². The highest BCUT2D eigenvalue weighted by molar-refractivity contribution is 6.32. The molecule has 1 saturated carbocycles. The van der Waals surface area contributed by atoms with Crippen LogP contribution < -0.4 is 9.80 Å². The fourth-order valence-corrected chi connectivity index (χ4v) is 9.33. The summed E-state index contributed by atoms with van der Waals surface area (Å²) < 4.78 is 83.2. The smallest absolute Gasteiger partial charge is 0.416 e. The van der Waals surface area contributed by atoms with E-state index >= 15 is 4.79 Å². The Hall–Kier alpha value is -5.43. The summed E-state index contributed by atoms with van der Waals surface area (Å²) in [5.74, 6) is -8.99. The number of fused-ring (bicyclic) bond motifs is 4. The average molecular weight is 765 g/mol. The number of phenolic OH excluding ortho intramolecular Hbond substituents is 1. The molecule has 2 heterocycles. The Morgan fingerprint density at radius 2 is 1.35 bits per heavy atom. The highest BCUT2D eigenvalue weighted by Crippen LogP contribution is 2.64. The number of nitrogens with zero attached hydrogens (tertiary/aromatic N) is 2. The summed E-state index contributed by atoms with van der Waals surface area (Å²) in [6, 6.07) is 21.4. The van der Waals surface area contributed by atoms with Gasteiger partial charge >= 0.3 is 12.4 Å². The molecule has 2 saturated heterocycles. The molecule has 14 heteroatoms. The van der Waals surface area contributed by atoms with Crippen LogP contribution in [0.2, 0.25) is 5.02 Å². The monoisotopic (exact) mass is 764 g/mol. The van der Waals surface area contributed by atoms with Gasteiger partial charge in [0.1, 0.15) is 5.75 Å². The van der Waals surface area contributed by atoms with Crippen molar-refractivity contribution in [2.75, 3.05) is 9.80 Å². The summed E-state index contributed by atoms with van der Waals surface area (Å²) >= 11 is 6.30. The van der Waals surface area contributed by atoms with E-state index in [-0.39, 0.29) is 35.4 Å². The molecule has 6 atom stereocenters. The van der Waals surface area contributed by atoms with Crippen molar-refractivity contribution in [1.29, 1.82) is 0 Å². The van der Waals surface area contributed by atoms with E-state index in [9.17, 15) is 45.8 Å². The molecule has 0 unspecified atom stereocenters. The SMILES string of the molecule is O=C1[C@H]2[C@H](CC=C3[C@H]2C[C@H]2C(=O)N(c4cccc(Cl)c4)C(=O)[C@@]2(c2ccccc2)[C@H]3c2cccc(O)c2)C(=O)N1c1cc(C(F)(F)F)cc(C(F)(F)F)c1. The minimum absolute atomic E-state index is 0.0835. The maximum atomic E-state index is 15.2. The van der Waals surface area contributed by atoms with Crippen LogP contribution in [-0.4, -0.2) is 28.7 Å². The molecule has 4 amide bonds. The molecule has 2 aliphatic carbocycles. The predicted octanol–water partition coefficient (Wildman–Crippen LogP) is 8.45. The van der Waals surface area contributed by atoms with E-state index in [1.165, 1.54) is 18.2 Å². The van der Waals surface area contributed by atoms with Gasteiger partial charge in [0.2, 0.25) is 23.6 Å². The number of anilines is 2. The van der Waals surface area contributed by atoms with Crippen molar-refractivity contribution in [3.63, 3.8) is 0 Å². The second-order valence-corrected chi connectivity index (χ2v) is 14.4. The van der Waals surface area contributed by atoms with E-state index in [0.717, 1.165) is 4.90 Å². The number of rotatable bonds is 4. The number of hydrogen-bond acceptors (Lipinski definition) is 5. The van der Waals surface area contributed by atoms with Gasteiger partial charge in [-0.2, -0.15) is 26.3 Å². The largest absolute Gasteiger partial charge is 0.508 e. The molecule has 0 bridgehead atoms. The molecule has 54 heavy (non-hydrogen) atoms. The van der Waals surface area contributed by atoms with Gasteiger partial charge in [-0.25, -0.2) is 9.80 Å². The molecule has 2 aliphatic heterocycles. The molecule has 8 rings (SSSR count). The van der Waals surface area contributed by atoms with E-state index in [2.05, 4.69) is 0 Å². The van der Waals surface area contributed by atoms with E-state index in [1.807, 2.05) is 0 Å². The van der Waals surface area contributed by atoms with E-state index in [4.69, 9.17) is 11.6 Å². The molecular weight excluding hydrogens is 738 g/mol. The number of imide groups is 2. The number of carbonyl (C=O) groups is 4. The van der Waals surface area contributed by atoms with Crippen LogP contribution in [0.25, 0.3) is 0 Å². The minimum Gasteiger partial charge on any atom is -0.508 e. The second kappa shape index (κ2) is 12.3. The van der Waals surface area contributed by atoms with Crippen LogP contribution in [0.5, 0.6) is 5.75 Å². The topological polar surface area (TPSA) is 95.0 Å². The molecule has 276 valence electrons. The number of amides is 4. The lowest BCUT2D eigenvalue weighted by atomic mass is 9.49. The zero-order chi connectivity index (χ0) is 38.5. The first-order chi connectivity index (χ1) is 25.5. The quantitative estimate of drug-likeness (QED) is 0.128. The van der Waals surface area contributed by atoms with Crippen molar-refractivity contribution in [3.8, 4) is 5.75 Å². The van der Waals surface area contributed by atoms with Crippen molar-refractivity contribution >= 4 is 46.6 Å². The summed E-state index contributed by atoms with van der Waals surface area (Å²) in [6.45, 7) is 0. The van der Waals surface area contributed by atoms with Gasteiger partial charge < -0.3 is 5.11 Å². The average Bonchev–Trinajstić information content (AvgIpc) is 3.51. The maximum absolute atomic E-state index is 15.2. The van der Waals surface area contributed by atoms with Crippen LogP contribution in [-0.2, 0) is 36.9 Å². The van der Waals surface area contributed by atoms with Gasteiger partial charge in [0.25, 0.3) is 0 Å². The molecule has 1 N–H and O–H groups in total. The highest BCUT2D eigenvalue weighted by Gasteiger charge is 2.70. The van der Waals surface area contributed by atoms with Gasteiger partial charge in [-0.1, -0.05) is 71.8 Å². The molecule has 4 aromatic rings. The fourth-order valence-electron chi connectivity index (χ4n) is 9.15. The van der Waals surface area contributed by atoms with E-state index in [0.29, 0.717) is 33.7 Å². The Morgan fingerprint density at radius 1 is 0.685 bits per heavy atom. The molecule has 4 aromatic carbocycles. The Morgan fingerprint density at radius 3 is 1.98 bits per heavy atom. The fraction of sp³-hybridized carbons (Fsp3) is 0.250. The number of carbonyl (C=O) groups excluding carboxylic acids is 4. The normalized spacial score (nSPS) is 26.8. The van der Waals surface area contributed by atoms with Crippen LogP contribution >= 0.6 is 11.6 Å². The van der Waals surface area contributed by atoms with Crippen molar-refractivity contribution in [2.45, 2.75) is 36.5 Å². The summed E-state index contributed by atoms with van der Waals surface area (Å²) in [5.41, 5.74) is -4.35. The summed E-state index contributed by atoms with van der Waals surface area (Å²) in [5, 5.41) is 10.9. The number of alkyl halides is 6. The highest BCUT2D eigenvalue weighted by atomic mass is 35.5. The van der Waals surface area contributed by atoms with Crippen molar-refractivity contribution in [1.82, 2.24) is 0 Å². The van der Waals surface area contributed by atoms with Crippen LogP contribution in [0.1, 0.15) is 41.0 Å². The van der Waals surface area contributed by atoms with Crippen molar-refractivity contribution < 1.29 is 50.6 Å². The van der Waals surface area contributed by atoms with Gasteiger partial charge in [0.15, 0.2) is 0 Å². The Kier molecular flexibility index (Phi) is 8.11. The zero-order valence-corrected chi connectivity index (χ0v) is 28.5. The lowest BCUT2D eigenvalue weighted by Gasteiger charge is -2.50. The standard InChI is InChI=1S/C40H27ClF6N2O5/c41-24-9-5-10-25(18-24)49-35(52)31-19-30-28(33(20-6-4-11-27(50)14-20)38(31,37(49)54)21-7-2-1-3-8-21)12-13-29-32(30)36(53)48(34(29)51)26-16-22(39(42,43)44)15-23(17-26)40(45,46)47/h1-12,14-18,29-33,50H,13,19H2/t29-,30+,31-,32-,33-,38+/m0/s1. The van der Waals surface area contributed by atoms with Crippen LogP contribution in [0.4, 0.5) is 37.7 Å². The Bertz CT molecular complexity index is 2260. The second-order valence-electron chi connectivity index (χ2n) is 14.0. The number of allylic oxidation sites excluding steroid dienone is 2. The summed E-state index contributed by atoms with van der Waals surface area (Å²) in [7, 11) is 0. The van der Waals surface area contributed by atoms with Gasteiger partial charge in [0, 0.05) is 10.9 Å². The lowest BCUT2D eigenvalue weighted by Crippen LogP contribution is -2.53. The van der Waals surface area contributed by atoms with Crippen LogP contribution in [0.3, 0.4) is 0 Å². The molecule has 0 aromatic heterocycles. The summed E-state index contributed by atoms with van der Waals surface area (Å²) in [4.78, 5) is 59.8. The van der Waals surface area contributed by atoms with Crippen LogP contribution in [0.15, 0.2) is 109 Å². The maximum Gasteiger partial charge on any atom is 0.416 e. The predicted molar refractivity (Wildman–Crippen MR) is 183 cm³/mol. The zero-order valence-electron chi connectivity index (χ0n) is 27.7. The van der Waals surface area contributed by atoms with E-state index < -0.39 is 87.8 Å². The third-order valence-corrected chi connectivity index (χ3v) is 11.4. The number of phenols is 1. The minimum atomic E-state index is -5.23. The number of benzene rings is 4. The lowest BCUT2D eigenvalue weighted by molar-refractivity contribution is -0.143. The van der Waals surface area contributed by atoms with E-state index in [1.54, 1.807) is 66.7 Å². The third kappa shape index (κ3) is 5.26. The molecule has 4 aliphatic rings. The molecule has 0 spiro atoms. The first kappa shape index (κ1) is 35.6. The Balaban J connectivity index is 1.32. The van der Waals surface area contributed by atoms with Crippen molar-refractivity contribution in [2.24, 2.45) is 23.7 Å². The van der Waals surface area contributed by atoms with Crippen LogP contribution in [0, 0.1) is 23.7 Å². The van der Waals surface area contributed by atoms with Gasteiger partial charge in [-0.05, 0) is 78.4 Å². The third-order valence-electron chi connectivity index (χ3n) is 11.2.